The molecular weight excluding hydrogens is 405 g/mol. The maximum absolute atomic E-state index is 8.38. The smallest absolute Gasteiger partial charge is 0.178 e. The number of halogens is 5. The van der Waals surface area contributed by atoms with Crippen LogP contribution in [0, 0.1) is 0 Å². The molecular formula is C14H9Cl5N2O2. The molecule has 2 aromatic rings. The first-order valence-corrected chi connectivity index (χ1v) is 7.74. The SMILES string of the molecule is ON=C(Cl)c1c(Cl)cccc1Cl.ON=Cc1c(Cl)cccc1Cl. The van der Waals surface area contributed by atoms with Gasteiger partial charge in [0, 0.05) is 5.56 Å². The lowest BCUT2D eigenvalue weighted by atomic mass is 10.2. The number of hydrogen-bond acceptors (Lipinski definition) is 4. The standard InChI is InChI=1S/C7H4Cl3NO.C7H5Cl2NO/c8-4-2-1-3-5(9)6(4)7(10)11-12;8-6-2-1-3-7(9)5(6)4-10-11/h1-3,12H;1-4,11H. The van der Waals surface area contributed by atoms with E-state index in [9.17, 15) is 0 Å². The average molecular weight is 415 g/mol. The van der Waals surface area contributed by atoms with Crippen molar-refractivity contribution in [3.05, 3.63) is 67.6 Å². The Kier molecular flexibility index (Phi) is 8.52. The Labute approximate surface area is 157 Å². The fourth-order valence-electron chi connectivity index (χ4n) is 1.44. The highest BCUT2D eigenvalue weighted by Gasteiger charge is 2.10. The van der Waals surface area contributed by atoms with E-state index in [1.165, 1.54) is 6.21 Å². The molecule has 0 atom stereocenters. The van der Waals surface area contributed by atoms with E-state index in [1.54, 1.807) is 36.4 Å². The van der Waals surface area contributed by atoms with E-state index in [1.807, 2.05) is 0 Å². The van der Waals surface area contributed by atoms with Gasteiger partial charge in [-0.2, -0.15) is 0 Å². The molecule has 0 aliphatic heterocycles. The molecule has 0 aliphatic carbocycles. The van der Waals surface area contributed by atoms with Gasteiger partial charge in [0.2, 0.25) is 0 Å². The van der Waals surface area contributed by atoms with Gasteiger partial charge in [0.25, 0.3) is 0 Å². The minimum Gasteiger partial charge on any atom is -0.411 e. The Balaban J connectivity index is 0.000000231. The van der Waals surface area contributed by atoms with E-state index >= 15 is 0 Å². The second-order valence-corrected chi connectivity index (χ2v) is 5.85. The highest BCUT2D eigenvalue weighted by Crippen LogP contribution is 2.26. The van der Waals surface area contributed by atoms with E-state index in [4.69, 9.17) is 68.4 Å². The third-order valence-corrected chi connectivity index (χ3v) is 4.00. The number of benzene rings is 2. The fraction of sp³-hybridized carbons (Fsp3) is 0. The molecule has 0 saturated heterocycles. The zero-order valence-corrected chi connectivity index (χ0v) is 15.0. The van der Waals surface area contributed by atoms with Crippen LogP contribution in [-0.4, -0.2) is 21.8 Å². The van der Waals surface area contributed by atoms with Gasteiger partial charge in [-0.05, 0) is 24.3 Å². The van der Waals surface area contributed by atoms with E-state index in [-0.39, 0.29) is 5.17 Å². The van der Waals surface area contributed by atoms with Gasteiger partial charge >= 0.3 is 0 Å². The molecule has 0 bridgehead atoms. The fourth-order valence-corrected chi connectivity index (χ4v) is 2.81. The highest BCUT2D eigenvalue weighted by molar-refractivity contribution is 6.71. The van der Waals surface area contributed by atoms with E-state index in [2.05, 4.69) is 10.3 Å². The van der Waals surface area contributed by atoms with Crippen molar-refractivity contribution in [3.63, 3.8) is 0 Å². The predicted molar refractivity (Wildman–Crippen MR) is 96.5 cm³/mol. The van der Waals surface area contributed by atoms with E-state index < -0.39 is 0 Å². The summed E-state index contributed by atoms with van der Waals surface area (Å²) in [5, 5.41) is 23.7. The van der Waals surface area contributed by atoms with Gasteiger partial charge in [0.05, 0.1) is 31.9 Å². The predicted octanol–water partition coefficient (Wildman–Crippen LogP) is 6.17. The number of nitrogens with zero attached hydrogens (tertiary/aromatic N) is 2. The molecule has 0 fully saturated rings. The lowest BCUT2D eigenvalue weighted by molar-refractivity contribution is 0.321. The average Bonchev–Trinajstić information content (AvgIpc) is 2.51. The van der Waals surface area contributed by atoms with Gasteiger partial charge in [0.1, 0.15) is 0 Å². The van der Waals surface area contributed by atoms with Crippen molar-refractivity contribution >= 4 is 69.4 Å². The van der Waals surface area contributed by atoms with Gasteiger partial charge in [-0.15, -0.1) is 0 Å². The number of rotatable bonds is 2. The zero-order chi connectivity index (χ0) is 17.4. The lowest BCUT2D eigenvalue weighted by Gasteiger charge is -2.01. The first kappa shape index (κ1) is 19.9. The molecule has 0 radical (unpaired) electrons. The van der Waals surface area contributed by atoms with Crippen molar-refractivity contribution in [2.24, 2.45) is 10.3 Å². The Hall–Kier alpha value is -1.17. The zero-order valence-electron chi connectivity index (χ0n) is 11.2. The molecule has 0 amide bonds. The minimum atomic E-state index is -0.120. The number of hydrogen-bond donors (Lipinski definition) is 2. The van der Waals surface area contributed by atoms with Crippen molar-refractivity contribution in [2.75, 3.05) is 0 Å². The monoisotopic (exact) mass is 412 g/mol. The summed E-state index contributed by atoms with van der Waals surface area (Å²) in [4.78, 5) is 0. The van der Waals surface area contributed by atoms with Gasteiger partial charge in [-0.25, -0.2) is 0 Å². The maximum Gasteiger partial charge on any atom is 0.178 e. The van der Waals surface area contributed by atoms with Gasteiger partial charge < -0.3 is 10.4 Å². The molecule has 0 saturated carbocycles. The van der Waals surface area contributed by atoms with Crippen molar-refractivity contribution in [3.8, 4) is 0 Å². The van der Waals surface area contributed by atoms with Crippen molar-refractivity contribution in [1.29, 1.82) is 0 Å². The second kappa shape index (κ2) is 9.85. The van der Waals surface area contributed by atoms with Crippen LogP contribution in [0.1, 0.15) is 11.1 Å². The summed E-state index contributed by atoms with van der Waals surface area (Å²) in [5.74, 6) is 0. The third kappa shape index (κ3) is 5.75. The molecule has 2 aromatic carbocycles. The maximum atomic E-state index is 8.38. The van der Waals surface area contributed by atoms with Crippen LogP contribution < -0.4 is 0 Å². The molecule has 0 unspecified atom stereocenters. The first-order valence-electron chi connectivity index (χ1n) is 5.85. The Morgan fingerprint density at radius 2 is 1.26 bits per heavy atom. The van der Waals surface area contributed by atoms with Crippen LogP contribution in [0.15, 0.2) is 46.7 Å². The molecule has 9 heteroatoms. The van der Waals surface area contributed by atoms with Crippen LogP contribution in [0.4, 0.5) is 0 Å². The molecule has 0 aromatic heterocycles. The largest absolute Gasteiger partial charge is 0.411 e. The number of oxime groups is 2. The van der Waals surface area contributed by atoms with Crippen LogP contribution in [0.2, 0.25) is 20.1 Å². The minimum absolute atomic E-state index is 0.120. The van der Waals surface area contributed by atoms with Crippen LogP contribution in [0.25, 0.3) is 0 Å². The van der Waals surface area contributed by atoms with E-state index in [0.29, 0.717) is 31.2 Å². The summed E-state index contributed by atoms with van der Waals surface area (Å²) in [7, 11) is 0. The molecule has 0 heterocycles. The summed E-state index contributed by atoms with van der Waals surface area (Å²) in [6.45, 7) is 0. The Morgan fingerprint density at radius 3 is 1.65 bits per heavy atom. The summed E-state index contributed by atoms with van der Waals surface area (Å²) < 4.78 is 0. The molecule has 2 rings (SSSR count). The summed E-state index contributed by atoms with van der Waals surface area (Å²) in [6.07, 6.45) is 1.20. The van der Waals surface area contributed by atoms with Crippen LogP contribution >= 0.6 is 58.0 Å². The van der Waals surface area contributed by atoms with Gasteiger partial charge in [0.15, 0.2) is 5.17 Å². The molecule has 2 N–H and O–H groups in total. The van der Waals surface area contributed by atoms with E-state index in [0.717, 1.165) is 0 Å². The summed E-state index contributed by atoms with van der Waals surface area (Å²) in [6, 6.07) is 9.96. The molecule has 0 aliphatic rings. The third-order valence-electron chi connectivity index (χ3n) is 2.44. The second-order valence-electron chi connectivity index (χ2n) is 3.87. The quantitative estimate of drug-likeness (QED) is 0.351. The normalized spacial score (nSPS) is 11.3. The molecule has 122 valence electrons. The van der Waals surface area contributed by atoms with Crippen molar-refractivity contribution in [1.82, 2.24) is 0 Å². The molecule has 23 heavy (non-hydrogen) atoms. The summed E-state index contributed by atoms with van der Waals surface area (Å²) >= 11 is 28.5. The highest BCUT2D eigenvalue weighted by atomic mass is 35.5. The van der Waals surface area contributed by atoms with Crippen LogP contribution in [0.5, 0.6) is 0 Å². The van der Waals surface area contributed by atoms with Gasteiger partial charge in [-0.1, -0.05) is 80.4 Å². The topological polar surface area (TPSA) is 65.2 Å². The van der Waals surface area contributed by atoms with Crippen LogP contribution in [0.3, 0.4) is 0 Å². The Bertz CT molecular complexity index is 695. The summed E-state index contributed by atoms with van der Waals surface area (Å²) in [5.41, 5.74) is 0.864. The van der Waals surface area contributed by atoms with Crippen LogP contribution in [-0.2, 0) is 0 Å². The van der Waals surface area contributed by atoms with Crippen molar-refractivity contribution in [2.45, 2.75) is 0 Å². The molecule has 4 nitrogen and oxygen atoms in total. The van der Waals surface area contributed by atoms with Gasteiger partial charge in [-0.3, -0.25) is 0 Å². The Morgan fingerprint density at radius 1 is 0.826 bits per heavy atom. The molecule has 0 spiro atoms. The lowest BCUT2D eigenvalue weighted by Crippen LogP contribution is -1.93. The van der Waals surface area contributed by atoms with Crippen molar-refractivity contribution < 1.29 is 10.4 Å². The first-order chi connectivity index (χ1) is 10.9.